The molecule has 1 aliphatic heterocycles. The molecule has 2 heterocycles. The topological polar surface area (TPSA) is 76.8 Å². The van der Waals surface area contributed by atoms with E-state index in [2.05, 4.69) is 20.7 Å². The predicted molar refractivity (Wildman–Crippen MR) is 96.5 cm³/mol. The smallest absolute Gasteiger partial charge is 0.325 e. The van der Waals surface area contributed by atoms with Gasteiger partial charge >= 0.3 is 5.97 Å². The molecule has 1 saturated heterocycles. The molecular formula is C17H12BrNO5S. The molecule has 0 N–H and O–H groups in total. The zero-order chi connectivity index (χ0) is 18.0. The van der Waals surface area contributed by atoms with Crippen molar-refractivity contribution in [2.24, 2.45) is 0 Å². The molecule has 1 aromatic heterocycles. The van der Waals surface area contributed by atoms with Crippen molar-refractivity contribution in [3.05, 3.63) is 51.5 Å². The van der Waals surface area contributed by atoms with E-state index >= 15 is 0 Å². The number of carbonyl (C=O) groups excluding carboxylic acids is 3. The van der Waals surface area contributed by atoms with Crippen LogP contribution < -0.4 is 0 Å². The number of halogens is 1. The summed E-state index contributed by atoms with van der Waals surface area (Å²) in [5, 5.41) is -0.514. The molecule has 0 spiro atoms. The van der Waals surface area contributed by atoms with Gasteiger partial charge in [0.25, 0.3) is 11.1 Å². The van der Waals surface area contributed by atoms with Crippen LogP contribution in [-0.2, 0) is 14.3 Å². The summed E-state index contributed by atoms with van der Waals surface area (Å²) in [7, 11) is 1.20. The number of carbonyl (C=O) groups is 3. The van der Waals surface area contributed by atoms with E-state index in [4.69, 9.17) is 4.42 Å². The van der Waals surface area contributed by atoms with Gasteiger partial charge in [-0.3, -0.25) is 19.3 Å². The highest BCUT2D eigenvalue weighted by atomic mass is 79.9. The standard InChI is InChI=1S/C17H12BrNO5S/c1-23-15(20)9-19-16(21)14(25-17(19)22)8-12-5-6-13(24-12)10-3-2-4-11(18)7-10/h2-8H,9H2,1H3/b14-8+. The van der Waals surface area contributed by atoms with Crippen LogP contribution in [0.15, 0.2) is 50.2 Å². The van der Waals surface area contributed by atoms with Gasteiger partial charge in [-0.1, -0.05) is 28.1 Å². The average Bonchev–Trinajstić information content (AvgIpc) is 3.15. The maximum absolute atomic E-state index is 12.3. The third kappa shape index (κ3) is 3.85. The summed E-state index contributed by atoms with van der Waals surface area (Å²) in [6.07, 6.45) is 1.49. The minimum atomic E-state index is -0.654. The summed E-state index contributed by atoms with van der Waals surface area (Å²) in [5.74, 6) is -0.112. The summed E-state index contributed by atoms with van der Waals surface area (Å²) in [4.78, 5) is 36.5. The quantitative estimate of drug-likeness (QED) is 0.549. The first kappa shape index (κ1) is 17.5. The molecule has 0 saturated carbocycles. The lowest BCUT2D eigenvalue weighted by molar-refractivity contribution is -0.143. The van der Waals surface area contributed by atoms with Gasteiger partial charge in [0, 0.05) is 16.1 Å². The van der Waals surface area contributed by atoms with Gasteiger partial charge in [0.2, 0.25) is 0 Å². The van der Waals surface area contributed by atoms with Crippen molar-refractivity contribution in [1.82, 2.24) is 4.90 Å². The van der Waals surface area contributed by atoms with Crippen molar-refractivity contribution in [2.45, 2.75) is 0 Å². The minimum absolute atomic E-state index is 0.198. The molecule has 0 atom stereocenters. The lowest BCUT2D eigenvalue weighted by Gasteiger charge is -2.09. The van der Waals surface area contributed by atoms with Crippen LogP contribution in [0.3, 0.4) is 0 Å². The fourth-order valence-corrected chi connectivity index (χ4v) is 3.40. The average molecular weight is 422 g/mol. The molecule has 3 rings (SSSR count). The zero-order valence-electron chi connectivity index (χ0n) is 13.0. The Kier molecular flexibility index (Phi) is 5.10. The van der Waals surface area contributed by atoms with Crippen molar-refractivity contribution in [3.8, 4) is 11.3 Å². The van der Waals surface area contributed by atoms with Crippen LogP contribution in [0.25, 0.3) is 17.4 Å². The first-order chi connectivity index (χ1) is 12.0. The van der Waals surface area contributed by atoms with Crippen molar-refractivity contribution >= 4 is 50.9 Å². The van der Waals surface area contributed by atoms with E-state index in [1.165, 1.54) is 13.2 Å². The lowest BCUT2D eigenvalue weighted by Crippen LogP contribution is -2.34. The molecule has 6 nitrogen and oxygen atoms in total. The van der Waals surface area contributed by atoms with Gasteiger partial charge < -0.3 is 9.15 Å². The second-order valence-electron chi connectivity index (χ2n) is 5.06. The van der Waals surface area contributed by atoms with Crippen LogP contribution in [0.4, 0.5) is 4.79 Å². The van der Waals surface area contributed by atoms with E-state index in [0.717, 1.165) is 26.7 Å². The van der Waals surface area contributed by atoms with Gasteiger partial charge in [0.05, 0.1) is 12.0 Å². The number of ether oxygens (including phenoxy) is 1. The van der Waals surface area contributed by atoms with Crippen LogP contribution >= 0.6 is 27.7 Å². The Labute approximate surface area is 155 Å². The number of furan rings is 1. The van der Waals surface area contributed by atoms with E-state index in [9.17, 15) is 14.4 Å². The van der Waals surface area contributed by atoms with E-state index in [1.54, 1.807) is 12.1 Å². The monoisotopic (exact) mass is 421 g/mol. The molecule has 1 aromatic carbocycles. The molecule has 1 aliphatic rings. The highest BCUT2D eigenvalue weighted by Crippen LogP contribution is 2.33. The highest BCUT2D eigenvalue weighted by molar-refractivity contribution is 9.10. The van der Waals surface area contributed by atoms with Crippen LogP contribution in [0.1, 0.15) is 5.76 Å². The Morgan fingerprint density at radius 3 is 2.84 bits per heavy atom. The lowest BCUT2D eigenvalue weighted by atomic mass is 10.2. The first-order valence-electron chi connectivity index (χ1n) is 7.16. The van der Waals surface area contributed by atoms with Gasteiger partial charge in [0.15, 0.2) is 0 Å². The summed E-state index contributed by atoms with van der Waals surface area (Å²) < 4.78 is 11.1. The molecule has 1 fully saturated rings. The summed E-state index contributed by atoms with van der Waals surface area (Å²) in [6.45, 7) is -0.403. The molecule has 0 radical (unpaired) electrons. The van der Waals surface area contributed by atoms with E-state index in [0.29, 0.717) is 11.5 Å². The number of methoxy groups -OCH3 is 1. The Hall–Kier alpha value is -2.32. The summed E-state index contributed by atoms with van der Waals surface area (Å²) in [5.41, 5.74) is 0.882. The molecule has 2 amide bonds. The van der Waals surface area contributed by atoms with E-state index in [1.807, 2.05) is 24.3 Å². The number of imide groups is 1. The molecule has 2 aromatic rings. The third-order valence-electron chi connectivity index (χ3n) is 3.40. The predicted octanol–water partition coefficient (Wildman–Crippen LogP) is 3.92. The summed E-state index contributed by atoms with van der Waals surface area (Å²) >= 11 is 4.16. The number of hydrogen-bond acceptors (Lipinski definition) is 6. The minimum Gasteiger partial charge on any atom is -0.468 e. The maximum atomic E-state index is 12.3. The number of esters is 1. The van der Waals surface area contributed by atoms with Gasteiger partial charge in [-0.15, -0.1) is 0 Å². The number of hydrogen-bond donors (Lipinski definition) is 0. The molecular weight excluding hydrogens is 410 g/mol. The number of nitrogens with zero attached hydrogens (tertiary/aromatic N) is 1. The van der Waals surface area contributed by atoms with Crippen LogP contribution in [0.5, 0.6) is 0 Å². The molecule has 128 valence electrons. The second-order valence-corrected chi connectivity index (χ2v) is 6.97. The fourth-order valence-electron chi connectivity index (χ4n) is 2.19. The van der Waals surface area contributed by atoms with Gasteiger partial charge in [0.1, 0.15) is 18.1 Å². The number of rotatable bonds is 4. The van der Waals surface area contributed by atoms with Crippen molar-refractivity contribution in [1.29, 1.82) is 0 Å². The fraction of sp³-hybridized carbons (Fsp3) is 0.118. The first-order valence-corrected chi connectivity index (χ1v) is 8.77. The van der Waals surface area contributed by atoms with E-state index < -0.39 is 23.7 Å². The third-order valence-corrected chi connectivity index (χ3v) is 4.80. The molecule has 0 bridgehead atoms. The normalized spacial score (nSPS) is 15.9. The highest BCUT2D eigenvalue weighted by Gasteiger charge is 2.36. The van der Waals surface area contributed by atoms with Crippen molar-refractivity contribution < 1.29 is 23.5 Å². The Morgan fingerprint density at radius 1 is 1.32 bits per heavy atom. The molecule has 0 aliphatic carbocycles. The number of benzene rings is 1. The molecule has 8 heteroatoms. The maximum Gasteiger partial charge on any atom is 0.325 e. The second kappa shape index (κ2) is 7.28. The van der Waals surface area contributed by atoms with Gasteiger partial charge in [-0.2, -0.15) is 0 Å². The van der Waals surface area contributed by atoms with Crippen LogP contribution in [0, 0.1) is 0 Å². The van der Waals surface area contributed by atoms with Gasteiger partial charge in [-0.05, 0) is 36.0 Å². The van der Waals surface area contributed by atoms with Crippen LogP contribution in [0.2, 0.25) is 0 Å². The number of amides is 2. The Bertz CT molecular complexity index is 889. The van der Waals surface area contributed by atoms with Crippen molar-refractivity contribution in [3.63, 3.8) is 0 Å². The Morgan fingerprint density at radius 2 is 2.12 bits per heavy atom. The van der Waals surface area contributed by atoms with Crippen LogP contribution in [-0.4, -0.2) is 35.7 Å². The zero-order valence-corrected chi connectivity index (χ0v) is 15.4. The van der Waals surface area contributed by atoms with Crippen molar-refractivity contribution in [2.75, 3.05) is 13.7 Å². The molecule has 25 heavy (non-hydrogen) atoms. The Balaban J connectivity index is 1.81. The summed E-state index contributed by atoms with van der Waals surface area (Å²) in [6, 6.07) is 11.1. The van der Waals surface area contributed by atoms with Gasteiger partial charge in [-0.25, -0.2) is 0 Å². The SMILES string of the molecule is COC(=O)CN1C(=O)S/C(=C/c2ccc(-c3cccc(Br)c3)o2)C1=O. The molecule has 0 unspecified atom stereocenters. The number of thioether (sulfide) groups is 1. The largest absolute Gasteiger partial charge is 0.468 e. The van der Waals surface area contributed by atoms with E-state index in [-0.39, 0.29) is 4.91 Å².